The van der Waals surface area contributed by atoms with Crippen LogP contribution in [0.25, 0.3) is 0 Å². The minimum Gasteiger partial charge on any atom is -0.478 e. The molecule has 5 atom stereocenters. The van der Waals surface area contributed by atoms with Crippen molar-refractivity contribution in [2.75, 3.05) is 11.9 Å². The number of nitrogens with one attached hydrogen (secondary N) is 2. The molecule has 0 fully saturated rings. The average Bonchev–Trinajstić information content (AvgIpc) is 2.67. The Morgan fingerprint density at radius 1 is 1.30 bits per heavy atom. The number of nitrogens with zero attached hydrogens (tertiary/aromatic N) is 1. The first kappa shape index (κ1) is 22.9. The second kappa shape index (κ2) is 9.91. The van der Waals surface area contributed by atoms with Crippen LogP contribution < -0.4 is 22.1 Å². The lowest BCUT2D eigenvalue weighted by Crippen LogP contribution is -2.60. The molecule has 0 bridgehead atoms. The van der Waals surface area contributed by atoms with Crippen LogP contribution in [0.1, 0.15) is 5.56 Å². The number of nitrogens with two attached hydrogens (primary N) is 2. The van der Waals surface area contributed by atoms with E-state index in [4.69, 9.17) is 21.3 Å². The molecule has 0 unspecified atom stereocenters. The number of urea groups is 1. The van der Waals surface area contributed by atoms with E-state index in [1.165, 1.54) is 0 Å². The van der Waals surface area contributed by atoms with Crippen LogP contribution in [0.4, 0.5) is 10.5 Å². The molecule has 1 aromatic rings. The fourth-order valence-corrected chi connectivity index (χ4v) is 2.94. The van der Waals surface area contributed by atoms with Crippen molar-refractivity contribution in [2.24, 2.45) is 16.5 Å². The number of carbonyl (C=O) groups excluding carboxylic acids is 1. The van der Waals surface area contributed by atoms with Crippen LogP contribution in [-0.2, 0) is 9.53 Å². The van der Waals surface area contributed by atoms with Crippen molar-refractivity contribution in [3.63, 3.8) is 0 Å². The fraction of sp³-hybridized carbons (Fsp3) is 0.389. The summed E-state index contributed by atoms with van der Waals surface area (Å²) in [5, 5.41) is 43.7. The molecule has 0 aromatic heterocycles. The Morgan fingerprint density at radius 2 is 2.00 bits per heavy atom. The summed E-state index contributed by atoms with van der Waals surface area (Å²) in [5.41, 5.74) is 12.2. The van der Waals surface area contributed by atoms with Crippen molar-refractivity contribution < 1.29 is 34.8 Å². The van der Waals surface area contributed by atoms with Gasteiger partial charge in [0.2, 0.25) is 5.76 Å². The van der Waals surface area contributed by atoms with Gasteiger partial charge in [-0.2, -0.15) is 0 Å². The zero-order valence-corrected chi connectivity index (χ0v) is 16.1. The van der Waals surface area contributed by atoms with Crippen LogP contribution in [-0.4, -0.2) is 75.4 Å². The fourth-order valence-electron chi connectivity index (χ4n) is 2.94. The number of aliphatic carboxylic acids is 1. The molecule has 1 heterocycles. The largest absolute Gasteiger partial charge is 0.478 e. The molecule has 10 N–H and O–H groups in total. The van der Waals surface area contributed by atoms with Gasteiger partial charge in [-0.05, 0) is 30.7 Å². The van der Waals surface area contributed by atoms with E-state index in [1.807, 2.05) is 13.0 Å². The lowest BCUT2D eigenvalue weighted by Gasteiger charge is -2.38. The number of aliphatic hydroxyl groups excluding tert-OH is 3. The zero-order chi connectivity index (χ0) is 22.4. The second-order valence-corrected chi connectivity index (χ2v) is 6.70. The summed E-state index contributed by atoms with van der Waals surface area (Å²) in [4.78, 5) is 27.8. The van der Waals surface area contributed by atoms with E-state index in [1.54, 1.807) is 18.2 Å². The minimum atomic E-state index is -1.76. The van der Waals surface area contributed by atoms with Crippen molar-refractivity contribution in [1.29, 1.82) is 0 Å². The molecule has 12 heteroatoms. The molecule has 164 valence electrons. The summed E-state index contributed by atoms with van der Waals surface area (Å²) in [6, 6.07) is 3.92. The van der Waals surface area contributed by atoms with Gasteiger partial charge in [0.1, 0.15) is 12.2 Å². The predicted molar refractivity (Wildman–Crippen MR) is 106 cm³/mol. The van der Waals surface area contributed by atoms with E-state index in [0.29, 0.717) is 5.69 Å². The number of guanidine groups is 1. The number of ether oxygens (including phenoxy) is 1. The molecule has 0 aliphatic carbocycles. The molecule has 0 spiro atoms. The highest BCUT2D eigenvalue weighted by atomic mass is 16.5. The molecular weight excluding hydrogens is 398 g/mol. The summed E-state index contributed by atoms with van der Waals surface area (Å²) in [7, 11) is 0. The number of amides is 2. The van der Waals surface area contributed by atoms with E-state index in [2.05, 4.69) is 15.6 Å². The molecular formula is C18H25N5O7. The third-order valence-corrected chi connectivity index (χ3v) is 4.31. The van der Waals surface area contributed by atoms with Gasteiger partial charge in [-0.15, -0.1) is 0 Å². The van der Waals surface area contributed by atoms with Crippen LogP contribution in [0, 0.1) is 6.92 Å². The Balaban J connectivity index is 2.35. The van der Waals surface area contributed by atoms with Gasteiger partial charge in [-0.3, -0.25) is 0 Å². The van der Waals surface area contributed by atoms with Gasteiger partial charge in [0.05, 0.1) is 18.7 Å². The SMILES string of the molecule is Cc1cccc(NC(=O)N[C@H]2[C@H]([C@H](O)[C@H](O)CO)OC(C(=O)O)=C[C@@H]2N=C(N)N)c1. The Kier molecular flexibility index (Phi) is 7.58. The lowest BCUT2D eigenvalue weighted by atomic mass is 9.92. The molecule has 2 amide bonds. The first-order valence-corrected chi connectivity index (χ1v) is 8.94. The molecule has 2 rings (SSSR count). The van der Waals surface area contributed by atoms with Gasteiger partial charge in [-0.25, -0.2) is 14.6 Å². The first-order chi connectivity index (χ1) is 14.1. The third-order valence-electron chi connectivity index (χ3n) is 4.31. The third kappa shape index (κ3) is 5.83. The number of carbonyl (C=O) groups is 2. The van der Waals surface area contributed by atoms with Crippen LogP contribution in [0.15, 0.2) is 41.1 Å². The Morgan fingerprint density at radius 3 is 2.57 bits per heavy atom. The normalized spacial score (nSPS) is 22.7. The van der Waals surface area contributed by atoms with Crippen LogP contribution in [0.3, 0.4) is 0 Å². The first-order valence-electron chi connectivity index (χ1n) is 8.94. The highest BCUT2D eigenvalue weighted by Gasteiger charge is 2.44. The number of anilines is 1. The standard InChI is InChI=1S/C18H25N5O7/c1-8-3-2-4-9(5-8)21-18(29)23-13-10(22-17(19)20)6-12(16(27)28)30-15(13)14(26)11(25)7-24/h2-6,10-11,13-15,24-26H,7H2,1H3,(H,27,28)(H4,19,20,22)(H2,21,23,29)/t10-,11+,13+,14+,15+/m0/s1. The van der Waals surface area contributed by atoms with Crippen molar-refractivity contribution in [2.45, 2.75) is 37.3 Å². The average molecular weight is 423 g/mol. The van der Waals surface area contributed by atoms with E-state index >= 15 is 0 Å². The summed E-state index contributed by atoms with van der Waals surface area (Å²) < 4.78 is 5.27. The zero-order valence-electron chi connectivity index (χ0n) is 16.1. The molecule has 12 nitrogen and oxygen atoms in total. The van der Waals surface area contributed by atoms with Gasteiger partial charge in [0.25, 0.3) is 0 Å². The highest BCUT2D eigenvalue weighted by molar-refractivity contribution is 5.90. The Hall–Kier alpha value is -3.35. The number of aryl methyl sites for hydroxylation is 1. The number of benzene rings is 1. The van der Waals surface area contributed by atoms with Crippen molar-refractivity contribution in [3.8, 4) is 0 Å². The lowest BCUT2D eigenvalue weighted by molar-refractivity contribution is -0.144. The molecule has 0 radical (unpaired) electrons. The van der Waals surface area contributed by atoms with Crippen LogP contribution in [0.2, 0.25) is 0 Å². The van der Waals surface area contributed by atoms with Crippen molar-refractivity contribution in [1.82, 2.24) is 5.32 Å². The summed E-state index contributed by atoms with van der Waals surface area (Å²) >= 11 is 0. The topological polar surface area (TPSA) is 213 Å². The van der Waals surface area contributed by atoms with Gasteiger partial charge in [-0.1, -0.05) is 12.1 Å². The van der Waals surface area contributed by atoms with Gasteiger partial charge in [0.15, 0.2) is 12.1 Å². The van der Waals surface area contributed by atoms with Crippen molar-refractivity contribution >= 4 is 23.6 Å². The number of carboxylic acid groups (broad SMARTS) is 1. The maximum atomic E-state index is 12.5. The van der Waals surface area contributed by atoms with Crippen LogP contribution in [0.5, 0.6) is 0 Å². The summed E-state index contributed by atoms with van der Waals surface area (Å²) in [6.45, 7) is 1.01. The van der Waals surface area contributed by atoms with E-state index < -0.39 is 60.7 Å². The molecule has 1 aliphatic heterocycles. The second-order valence-electron chi connectivity index (χ2n) is 6.70. The number of carboxylic acids is 1. The summed E-state index contributed by atoms with van der Waals surface area (Å²) in [5.74, 6) is -2.45. The van der Waals surface area contributed by atoms with Gasteiger partial charge in [0, 0.05) is 5.69 Å². The molecule has 0 saturated carbocycles. The van der Waals surface area contributed by atoms with E-state index in [9.17, 15) is 24.9 Å². The van der Waals surface area contributed by atoms with Gasteiger partial charge < -0.3 is 47.3 Å². The number of hydrogen-bond donors (Lipinski definition) is 8. The predicted octanol–water partition coefficient (Wildman–Crippen LogP) is -1.79. The Bertz CT molecular complexity index is 840. The number of aliphatic imine (C=N–C) groups is 1. The van der Waals surface area contributed by atoms with Crippen LogP contribution >= 0.6 is 0 Å². The van der Waals surface area contributed by atoms with Gasteiger partial charge >= 0.3 is 12.0 Å². The Labute approximate surface area is 171 Å². The van der Waals surface area contributed by atoms with E-state index in [0.717, 1.165) is 11.6 Å². The van der Waals surface area contributed by atoms with E-state index in [-0.39, 0.29) is 0 Å². The molecule has 1 aliphatic rings. The maximum Gasteiger partial charge on any atom is 0.370 e. The number of rotatable bonds is 7. The number of hydrogen-bond acceptors (Lipinski definition) is 7. The summed E-state index contributed by atoms with van der Waals surface area (Å²) in [6.07, 6.45) is -3.86. The monoisotopic (exact) mass is 423 g/mol. The number of aliphatic hydroxyl groups is 3. The quantitative estimate of drug-likeness (QED) is 0.183. The maximum absolute atomic E-state index is 12.5. The highest BCUT2D eigenvalue weighted by Crippen LogP contribution is 2.25. The molecule has 0 saturated heterocycles. The molecule has 30 heavy (non-hydrogen) atoms. The smallest absolute Gasteiger partial charge is 0.370 e. The minimum absolute atomic E-state index is 0.398. The molecule has 1 aromatic carbocycles. The van der Waals surface area contributed by atoms with Crippen molar-refractivity contribution in [3.05, 3.63) is 41.7 Å².